The summed E-state index contributed by atoms with van der Waals surface area (Å²) in [5, 5.41) is 1.88. The van der Waals surface area contributed by atoms with Gasteiger partial charge in [0.1, 0.15) is 0 Å². The molecule has 0 bridgehead atoms. The molecule has 5 nitrogen and oxygen atoms in total. The lowest BCUT2D eigenvalue weighted by atomic mass is 9.74. The maximum Gasteiger partial charge on any atom is 0.312 e. The van der Waals surface area contributed by atoms with Crippen molar-refractivity contribution in [1.29, 1.82) is 0 Å². The highest BCUT2D eigenvalue weighted by molar-refractivity contribution is 7.12. The Labute approximate surface area is 182 Å². The highest BCUT2D eigenvalue weighted by atomic mass is 32.1. The van der Waals surface area contributed by atoms with E-state index in [0.717, 1.165) is 18.4 Å². The molecule has 0 spiro atoms. The van der Waals surface area contributed by atoms with Gasteiger partial charge in [0, 0.05) is 13.1 Å². The average molecular weight is 428 g/mol. The third-order valence-corrected chi connectivity index (χ3v) is 6.95. The zero-order valence-electron chi connectivity index (χ0n) is 17.7. The number of hydrogen-bond acceptors (Lipinski definition) is 5. The fourth-order valence-corrected chi connectivity index (χ4v) is 4.81. The summed E-state index contributed by atoms with van der Waals surface area (Å²) < 4.78 is 5.42. The molecule has 1 aromatic heterocycles. The molecule has 160 valence electrons. The van der Waals surface area contributed by atoms with E-state index in [-0.39, 0.29) is 17.7 Å². The largest absolute Gasteiger partial charge is 0.466 e. The fourth-order valence-electron chi connectivity index (χ4n) is 3.99. The second-order valence-electron chi connectivity index (χ2n) is 7.92. The number of Topliss-reactive ketones (excluding diaryl/α,β-unsaturated/α-hetero) is 1. The molecule has 2 heterocycles. The number of carbonyl (C=O) groups is 3. The van der Waals surface area contributed by atoms with E-state index in [4.69, 9.17) is 4.74 Å². The van der Waals surface area contributed by atoms with Crippen molar-refractivity contribution in [1.82, 2.24) is 4.90 Å². The number of hydrogen-bond donors (Lipinski definition) is 0. The molecule has 6 heteroatoms. The molecule has 2 aromatic rings. The minimum absolute atomic E-state index is 0.0225. The van der Waals surface area contributed by atoms with Crippen LogP contribution in [0, 0.1) is 5.41 Å². The molecule has 1 saturated heterocycles. The van der Waals surface area contributed by atoms with Gasteiger partial charge in [-0.1, -0.05) is 30.3 Å². The number of amides is 1. The summed E-state index contributed by atoms with van der Waals surface area (Å²) >= 11 is 1.38. The second-order valence-corrected chi connectivity index (χ2v) is 8.83. The lowest BCUT2D eigenvalue weighted by Gasteiger charge is -2.40. The normalized spacial score (nSPS) is 15.6. The molecule has 1 aromatic carbocycles. The molecule has 1 fully saturated rings. The number of benzene rings is 1. The van der Waals surface area contributed by atoms with Gasteiger partial charge in [0.2, 0.25) is 5.91 Å². The van der Waals surface area contributed by atoms with Crippen molar-refractivity contribution in [2.45, 2.75) is 46.0 Å². The first-order valence-electron chi connectivity index (χ1n) is 10.5. The SMILES string of the molecule is CCOC(=O)C1(CCc2ccccc2)CCN(C(=O)Cc2csc(C(C)=O)c2)CC1. The monoisotopic (exact) mass is 427 g/mol. The van der Waals surface area contributed by atoms with Gasteiger partial charge in [-0.15, -0.1) is 11.3 Å². The average Bonchev–Trinajstić information content (AvgIpc) is 3.22. The summed E-state index contributed by atoms with van der Waals surface area (Å²) in [5.41, 5.74) is 1.55. The lowest BCUT2D eigenvalue weighted by Crippen LogP contribution is -2.47. The summed E-state index contributed by atoms with van der Waals surface area (Å²) in [5.74, 6) is -0.0744. The van der Waals surface area contributed by atoms with E-state index in [9.17, 15) is 14.4 Å². The predicted octanol–water partition coefficient (Wildman–Crippen LogP) is 4.30. The van der Waals surface area contributed by atoms with Gasteiger partial charge in [0.15, 0.2) is 5.78 Å². The van der Waals surface area contributed by atoms with Crippen LogP contribution >= 0.6 is 11.3 Å². The van der Waals surface area contributed by atoms with E-state index in [1.54, 1.807) is 6.07 Å². The Balaban J connectivity index is 1.62. The Morgan fingerprint density at radius 3 is 2.40 bits per heavy atom. The Morgan fingerprint density at radius 1 is 1.10 bits per heavy atom. The van der Waals surface area contributed by atoms with Gasteiger partial charge in [-0.25, -0.2) is 0 Å². The van der Waals surface area contributed by atoms with Crippen molar-refractivity contribution in [3.8, 4) is 0 Å². The number of rotatable bonds is 8. The lowest BCUT2D eigenvalue weighted by molar-refractivity contribution is -0.160. The molecule has 0 saturated carbocycles. The molecule has 1 aliphatic rings. The number of thiophene rings is 1. The van der Waals surface area contributed by atoms with Crippen LogP contribution in [-0.2, 0) is 27.2 Å². The standard InChI is InChI=1S/C24H29NO4S/c1-3-29-23(28)24(10-9-19-7-5-4-6-8-19)11-13-25(14-12-24)22(27)16-20-15-21(18(2)26)30-17-20/h4-8,15,17H,3,9-14,16H2,1-2H3. The molecule has 1 aliphatic heterocycles. The van der Waals surface area contributed by atoms with Crippen LogP contribution in [0.25, 0.3) is 0 Å². The van der Waals surface area contributed by atoms with Crippen molar-refractivity contribution in [2.24, 2.45) is 5.41 Å². The molecular weight excluding hydrogens is 398 g/mol. The number of nitrogens with zero attached hydrogens (tertiary/aromatic N) is 1. The van der Waals surface area contributed by atoms with Crippen molar-refractivity contribution < 1.29 is 19.1 Å². The van der Waals surface area contributed by atoms with Crippen LogP contribution < -0.4 is 0 Å². The molecule has 0 N–H and O–H groups in total. The van der Waals surface area contributed by atoms with Gasteiger partial charge in [0.05, 0.1) is 23.3 Å². The molecule has 1 amide bonds. The van der Waals surface area contributed by atoms with E-state index in [2.05, 4.69) is 12.1 Å². The Morgan fingerprint density at radius 2 is 1.80 bits per heavy atom. The third-order valence-electron chi connectivity index (χ3n) is 5.87. The van der Waals surface area contributed by atoms with E-state index in [1.807, 2.05) is 35.4 Å². The molecular formula is C24H29NO4S. The van der Waals surface area contributed by atoms with Crippen LogP contribution in [0.4, 0.5) is 0 Å². The van der Waals surface area contributed by atoms with Gasteiger partial charge in [-0.2, -0.15) is 0 Å². The van der Waals surface area contributed by atoms with Crippen LogP contribution in [0.3, 0.4) is 0 Å². The first-order valence-corrected chi connectivity index (χ1v) is 11.4. The topological polar surface area (TPSA) is 63.7 Å². The van der Waals surface area contributed by atoms with E-state index in [1.165, 1.54) is 23.8 Å². The fraction of sp³-hybridized carbons (Fsp3) is 0.458. The van der Waals surface area contributed by atoms with Crippen LogP contribution in [0.1, 0.15) is 53.9 Å². The Bertz CT molecular complexity index is 882. The smallest absolute Gasteiger partial charge is 0.312 e. The van der Waals surface area contributed by atoms with Crippen molar-refractivity contribution in [2.75, 3.05) is 19.7 Å². The number of piperidine rings is 1. The summed E-state index contributed by atoms with van der Waals surface area (Å²) in [6.45, 7) is 4.83. The summed E-state index contributed by atoms with van der Waals surface area (Å²) in [6.07, 6.45) is 3.07. The van der Waals surface area contributed by atoms with Crippen molar-refractivity contribution in [3.63, 3.8) is 0 Å². The van der Waals surface area contributed by atoms with Crippen molar-refractivity contribution in [3.05, 3.63) is 57.8 Å². The van der Waals surface area contributed by atoms with Crippen LogP contribution in [0.2, 0.25) is 0 Å². The predicted molar refractivity (Wildman–Crippen MR) is 118 cm³/mol. The maximum atomic E-state index is 12.8. The molecule has 0 atom stereocenters. The van der Waals surface area contributed by atoms with E-state index < -0.39 is 5.41 Å². The number of likely N-dealkylation sites (tertiary alicyclic amines) is 1. The summed E-state index contributed by atoms with van der Waals surface area (Å²) in [6, 6.07) is 12.0. The maximum absolute atomic E-state index is 12.8. The molecule has 3 rings (SSSR count). The summed E-state index contributed by atoms with van der Waals surface area (Å²) in [7, 11) is 0. The highest BCUT2D eigenvalue weighted by Crippen LogP contribution is 2.38. The Kier molecular flexibility index (Phi) is 7.43. The van der Waals surface area contributed by atoms with Crippen LogP contribution in [0.15, 0.2) is 41.8 Å². The van der Waals surface area contributed by atoms with Gasteiger partial charge in [-0.05, 0) is 62.1 Å². The van der Waals surface area contributed by atoms with E-state index in [0.29, 0.717) is 43.8 Å². The summed E-state index contributed by atoms with van der Waals surface area (Å²) in [4.78, 5) is 39.6. The third kappa shape index (κ3) is 5.36. The van der Waals surface area contributed by atoms with Gasteiger partial charge in [-0.3, -0.25) is 14.4 Å². The number of carbonyl (C=O) groups excluding carboxylic acids is 3. The number of aryl methyl sites for hydroxylation is 1. The van der Waals surface area contributed by atoms with Gasteiger partial charge >= 0.3 is 5.97 Å². The minimum atomic E-state index is -0.535. The minimum Gasteiger partial charge on any atom is -0.466 e. The van der Waals surface area contributed by atoms with Crippen molar-refractivity contribution >= 4 is 29.0 Å². The number of ketones is 1. The first-order chi connectivity index (χ1) is 14.4. The zero-order chi connectivity index (χ0) is 21.6. The Hall–Kier alpha value is -2.47. The highest BCUT2D eigenvalue weighted by Gasteiger charge is 2.43. The van der Waals surface area contributed by atoms with Crippen LogP contribution in [-0.4, -0.2) is 42.3 Å². The van der Waals surface area contributed by atoms with Gasteiger partial charge < -0.3 is 9.64 Å². The van der Waals surface area contributed by atoms with E-state index >= 15 is 0 Å². The zero-order valence-corrected chi connectivity index (χ0v) is 18.5. The van der Waals surface area contributed by atoms with Crippen LogP contribution in [0.5, 0.6) is 0 Å². The quantitative estimate of drug-likeness (QED) is 0.465. The number of ether oxygens (including phenoxy) is 1. The molecule has 0 radical (unpaired) electrons. The molecule has 0 aliphatic carbocycles. The second kappa shape index (κ2) is 10.0. The molecule has 0 unspecified atom stereocenters. The molecule has 30 heavy (non-hydrogen) atoms. The number of esters is 1. The first kappa shape index (κ1) is 22.2. The van der Waals surface area contributed by atoms with Gasteiger partial charge in [0.25, 0.3) is 0 Å².